The molecule has 0 saturated heterocycles. The van der Waals surface area contributed by atoms with Gasteiger partial charge in [-0.25, -0.2) is 0 Å². The molecule has 13 heteroatoms. The van der Waals surface area contributed by atoms with E-state index in [1.165, 1.54) is 40.0 Å². The largest absolute Gasteiger partial charge is 0.492 e. The van der Waals surface area contributed by atoms with Crippen molar-refractivity contribution in [2.45, 2.75) is 50.2 Å². The number of amides is 1. The summed E-state index contributed by atoms with van der Waals surface area (Å²) < 4.78 is 22.8. The lowest BCUT2D eigenvalue weighted by molar-refractivity contribution is -0.757. The molecule has 0 aromatic heterocycles. The van der Waals surface area contributed by atoms with Crippen molar-refractivity contribution in [3.8, 4) is 28.4 Å². The number of benzene rings is 1. The molecule has 0 bridgehead atoms. The number of hydrogen-bond acceptors (Lipinski definition) is 11. The fraction of sp³-hybridized carbons (Fsp3) is 0.444. The monoisotopic (exact) mass is 576 g/mol. The second kappa shape index (κ2) is 13.9. The van der Waals surface area contributed by atoms with Crippen LogP contribution in [-0.2, 0) is 32.2 Å². The number of ether oxygens (including phenoxy) is 4. The summed E-state index contributed by atoms with van der Waals surface area (Å²) >= 11 is 1.32. The average Bonchev–Trinajstić information content (AvgIpc) is 3.17. The minimum Gasteiger partial charge on any atom is -0.492 e. The molecule has 2 aromatic carbocycles. The van der Waals surface area contributed by atoms with E-state index in [9.17, 15) is 24.5 Å². The van der Waals surface area contributed by atoms with Gasteiger partial charge in [0, 0.05) is 24.5 Å². The van der Waals surface area contributed by atoms with E-state index < -0.39 is 17.1 Å². The quantitative estimate of drug-likeness (QED) is 0.130. The van der Waals surface area contributed by atoms with Crippen LogP contribution in [0.2, 0.25) is 0 Å². The van der Waals surface area contributed by atoms with Crippen LogP contribution in [0.5, 0.6) is 17.2 Å². The second-order valence-corrected chi connectivity index (χ2v) is 9.67. The van der Waals surface area contributed by atoms with Crippen molar-refractivity contribution in [3.05, 3.63) is 55.2 Å². The summed E-state index contributed by atoms with van der Waals surface area (Å²) in [6.45, 7) is 1.01. The van der Waals surface area contributed by atoms with Crippen molar-refractivity contribution >= 4 is 23.6 Å². The number of methoxy groups -OCH3 is 3. The van der Waals surface area contributed by atoms with Crippen molar-refractivity contribution in [1.82, 2.24) is 5.32 Å². The van der Waals surface area contributed by atoms with Gasteiger partial charge in [0.2, 0.25) is 11.7 Å². The number of esters is 1. The van der Waals surface area contributed by atoms with Gasteiger partial charge in [-0.05, 0) is 54.3 Å². The van der Waals surface area contributed by atoms with Crippen LogP contribution in [0.3, 0.4) is 0 Å². The number of rotatable bonds is 12. The molecule has 1 amide bonds. The Hall–Kier alpha value is -4.00. The van der Waals surface area contributed by atoms with Gasteiger partial charge in [-0.1, -0.05) is 6.07 Å². The summed E-state index contributed by atoms with van der Waals surface area (Å²) in [6, 6.07) is 4.61. The van der Waals surface area contributed by atoms with E-state index in [2.05, 4.69) is 10.2 Å². The van der Waals surface area contributed by atoms with Crippen molar-refractivity contribution in [2.75, 3.05) is 34.2 Å². The van der Waals surface area contributed by atoms with Crippen LogP contribution in [-0.4, -0.2) is 51.2 Å². The van der Waals surface area contributed by atoms with E-state index in [1.807, 2.05) is 12.3 Å². The molecule has 0 radical (unpaired) electrons. The summed E-state index contributed by atoms with van der Waals surface area (Å²) in [6.07, 6.45) is 2.70. The van der Waals surface area contributed by atoms with Gasteiger partial charge in [0.15, 0.2) is 16.9 Å². The van der Waals surface area contributed by atoms with Crippen molar-refractivity contribution < 1.29 is 38.5 Å². The van der Waals surface area contributed by atoms with Crippen molar-refractivity contribution in [2.24, 2.45) is 0 Å². The molecule has 1 N–H and O–H groups in total. The standard InChI is InChI=1S/C27H32N2O10S/c1-15(30)28-20-10-8-17-19(14-38-23(32)7-6-12-39-29(33)34)25(35-2)27(37-4)26(36-3)24(17)16-9-11-22(40-5)21(31)13-18(16)20/h9,11,13,20H,6-8,10,12,14H2,1-5H3,(H,28,30). The summed E-state index contributed by atoms with van der Waals surface area (Å²) in [5, 5.41) is 12.4. The molecule has 0 spiro atoms. The SMILES string of the molecule is COc1c(COC(=O)CCCO[N+](=O)[O-])c2c(c(OC)c1OC)-c1ccc(SC)c(=O)cc1C(NC(C)=O)CC2. The fourth-order valence-corrected chi connectivity index (χ4v) is 5.28. The maximum Gasteiger partial charge on any atom is 0.306 e. The molecule has 0 saturated carbocycles. The van der Waals surface area contributed by atoms with Gasteiger partial charge in [0.1, 0.15) is 6.61 Å². The van der Waals surface area contributed by atoms with Crippen molar-refractivity contribution in [3.63, 3.8) is 0 Å². The summed E-state index contributed by atoms with van der Waals surface area (Å²) in [7, 11) is 4.42. The molecule has 1 aliphatic carbocycles. The summed E-state index contributed by atoms with van der Waals surface area (Å²) in [4.78, 5) is 52.8. The topological polar surface area (TPSA) is 153 Å². The van der Waals surface area contributed by atoms with Crippen LogP contribution in [0, 0.1) is 10.1 Å². The Bertz CT molecular complexity index is 1350. The molecule has 0 heterocycles. The van der Waals surface area contributed by atoms with Gasteiger partial charge < -0.3 is 29.1 Å². The highest BCUT2D eigenvalue weighted by atomic mass is 32.2. The molecule has 0 aliphatic heterocycles. The number of carbonyl (C=O) groups excluding carboxylic acids is 2. The van der Waals surface area contributed by atoms with Gasteiger partial charge in [0.25, 0.3) is 5.09 Å². The first-order valence-electron chi connectivity index (χ1n) is 12.4. The van der Waals surface area contributed by atoms with Crippen LogP contribution < -0.4 is 25.0 Å². The van der Waals surface area contributed by atoms with E-state index in [4.69, 9.17) is 18.9 Å². The third-order valence-electron chi connectivity index (χ3n) is 6.46. The zero-order valence-corrected chi connectivity index (χ0v) is 23.8. The van der Waals surface area contributed by atoms with E-state index in [0.29, 0.717) is 51.5 Å². The third kappa shape index (κ3) is 6.76. The Labute approximate surface area is 235 Å². The summed E-state index contributed by atoms with van der Waals surface area (Å²) in [5.41, 5.74) is 3.03. The number of nitrogens with zero attached hydrogens (tertiary/aromatic N) is 1. The van der Waals surface area contributed by atoms with Crippen LogP contribution in [0.25, 0.3) is 11.1 Å². The maximum atomic E-state index is 13.0. The van der Waals surface area contributed by atoms with Gasteiger partial charge in [-0.2, -0.15) is 0 Å². The van der Waals surface area contributed by atoms with Crippen LogP contribution in [0.1, 0.15) is 48.9 Å². The molecular formula is C27H32N2O10S. The zero-order chi connectivity index (χ0) is 29.4. The highest BCUT2D eigenvalue weighted by Gasteiger charge is 2.33. The van der Waals surface area contributed by atoms with Crippen LogP contribution in [0.15, 0.2) is 27.9 Å². The Morgan fingerprint density at radius 2 is 1.82 bits per heavy atom. The number of fused-ring (bicyclic) bond motifs is 3. The minimum absolute atomic E-state index is 0.0847. The van der Waals surface area contributed by atoms with Gasteiger partial charge >= 0.3 is 5.97 Å². The third-order valence-corrected chi connectivity index (χ3v) is 7.24. The Morgan fingerprint density at radius 3 is 2.42 bits per heavy atom. The molecule has 1 atom stereocenters. The zero-order valence-electron chi connectivity index (χ0n) is 23.0. The van der Waals surface area contributed by atoms with Crippen LogP contribution >= 0.6 is 11.8 Å². The Kier molecular flexibility index (Phi) is 10.6. The predicted molar refractivity (Wildman–Crippen MR) is 146 cm³/mol. The molecule has 3 rings (SSSR count). The first-order chi connectivity index (χ1) is 19.2. The summed E-state index contributed by atoms with van der Waals surface area (Å²) in [5.74, 6) is 0.141. The highest BCUT2D eigenvalue weighted by molar-refractivity contribution is 7.98. The van der Waals surface area contributed by atoms with Gasteiger partial charge in [-0.15, -0.1) is 21.9 Å². The number of carbonyl (C=O) groups is 2. The molecule has 1 unspecified atom stereocenters. The molecule has 12 nitrogen and oxygen atoms in total. The number of hydrogen-bond donors (Lipinski definition) is 1. The van der Waals surface area contributed by atoms with Crippen LogP contribution in [0.4, 0.5) is 0 Å². The van der Waals surface area contributed by atoms with Gasteiger partial charge in [-0.3, -0.25) is 14.4 Å². The normalized spacial score (nSPS) is 13.7. The maximum absolute atomic E-state index is 13.0. The Morgan fingerprint density at radius 1 is 1.12 bits per heavy atom. The fourth-order valence-electron chi connectivity index (χ4n) is 4.82. The van der Waals surface area contributed by atoms with E-state index in [1.54, 1.807) is 12.1 Å². The Balaban J connectivity index is 2.20. The first-order valence-corrected chi connectivity index (χ1v) is 13.7. The lowest BCUT2D eigenvalue weighted by Gasteiger charge is -2.23. The number of thioether (sulfide) groups is 1. The van der Waals surface area contributed by atoms with Gasteiger partial charge in [0.05, 0.1) is 38.9 Å². The number of nitrogens with one attached hydrogen (secondary N) is 1. The highest BCUT2D eigenvalue weighted by Crippen LogP contribution is 2.52. The molecular weight excluding hydrogens is 544 g/mol. The second-order valence-electron chi connectivity index (χ2n) is 8.82. The molecule has 2 aromatic rings. The lowest BCUT2D eigenvalue weighted by atomic mass is 9.91. The smallest absolute Gasteiger partial charge is 0.306 e. The molecule has 40 heavy (non-hydrogen) atoms. The van der Waals surface area contributed by atoms with E-state index in [0.717, 1.165) is 5.56 Å². The van der Waals surface area contributed by atoms with E-state index in [-0.39, 0.29) is 43.1 Å². The first kappa shape index (κ1) is 30.5. The minimum atomic E-state index is -0.918. The lowest BCUT2D eigenvalue weighted by Crippen LogP contribution is -2.26. The average molecular weight is 577 g/mol. The molecule has 0 fully saturated rings. The molecule has 216 valence electrons. The molecule has 1 aliphatic rings. The van der Waals surface area contributed by atoms with E-state index >= 15 is 0 Å². The predicted octanol–water partition coefficient (Wildman–Crippen LogP) is 3.62. The van der Waals surface area contributed by atoms with Crippen molar-refractivity contribution in [1.29, 1.82) is 0 Å².